The average Bonchev–Trinajstić information content (AvgIpc) is 2.47. The van der Waals surface area contributed by atoms with E-state index < -0.39 is 0 Å². The summed E-state index contributed by atoms with van der Waals surface area (Å²) in [5, 5.41) is 6.53. The van der Waals surface area contributed by atoms with Gasteiger partial charge in [-0.2, -0.15) is 0 Å². The van der Waals surface area contributed by atoms with Crippen LogP contribution in [0.1, 0.15) is 38.3 Å². The van der Waals surface area contributed by atoms with Crippen LogP contribution >= 0.6 is 24.0 Å². The van der Waals surface area contributed by atoms with Crippen LogP contribution in [0.4, 0.5) is 4.39 Å². The molecular formula is C17H29FIN3O. The number of guanidine groups is 1. The highest BCUT2D eigenvalue weighted by atomic mass is 127. The molecular weight excluding hydrogens is 408 g/mol. The van der Waals surface area contributed by atoms with Crippen LogP contribution in [0.15, 0.2) is 23.2 Å². The van der Waals surface area contributed by atoms with Gasteiger partial charge in [0.05, 0.1) is 13.2 Å². The quantitative estimate of drug-likeness (QED) is 0.371. The molecule has 0 aliphatic rings. The number of aliphatic imine (C=N–C) groups is 1. The van der Waals surface area contributed by atoms with Crippen molar-refractivity contribution >= 4 is 29.9 Å². The second-order valence-electron chi connectivity index (χ2n) is 5.66. The number of hydrogen-bond donors (Lipinski definition) is 2. The van der Waals surface area contributed by atoms with Crippen molar-refractivity contribution in [3.63, 3.8) is 0 Å². The minimum absolute atomic E-state index is 0. The molecule has 0 radical (unpaired) electrons. The topological polar surface area (TPSA) is 45.7 Å². The van der Waals surface area contributed by atoms with E-state index in [0.717, 1.165) is 31.0 Å². The maximum Gasteiger partial charge on any atom is 0.191 e. The Hall–Kier alpha value is -0.890. The third kappa shape index (κ3) is 9.10. The first-order valence-corrected chi connectivity index (χ1v) is 7.85. The molecule has 0 bridgehead atoms. The van der Waals surface area contributed by atoms with E-state index in [2.05, 4.69) is 29.5 Å². The number of hydrogen-bond acceptors (Lipinski definition) is 2. The number of benzene rings is 1. The second-order valence-corrected chi connectivity index (χ2v) is 5.66. The summed E-state index contributed by atoms with van der Waals surface area (Å²) < 4.78 is 18.6. The zero-order valence-electron chi connectivity index (χ0n) is 14.5. The summed E-state index contributed by atoms with van der Waals surface area (Å²) >= 11 is 0. The lowest BCUT2D eigenvalue weighted by Gasteiger charge is -2.12. The third-order valence-electron chi connectivity index (χ3n) is 3.19. The van der Waals surface area contributed by atoms with Gasteiger partial charge < -0.3 is 15.4 Å². The maximum absolute atomic E-state index is 13.6. The second kappa shape index (κ2) is 12.5. The van der Waals surface area contributed by atoms with Gasteiger partial charge in [-0.1, -0.05) is 19.9 Å². The van der Waals surface area contributed by atoms with Crippen molar-refractivity contribution in [2.75, 3.05) is 20.2 Å². The van der Waals surface area contributed by atoms with E-state index in [0.29, 0.717) is 18.0 Å². The molecule has 0 heterocycles. The van der Waals surface area contributed by atoms with E-state index in [4.69, 9.17) is 4.74 Å². The molecule has 0 saturated heterocycles. The Morgan fingerprint density at radius 1 is 1.30 bits per heavy atom. The number of halogens is 2. The smallest absolute Gasteiger partial charge is 0.191 e. The number of rotatable bonds is 8. The zero-order valence-corrected chi connectivity index (χ0v) is 16.8. The SMILES string of the molecule is CCNC(=NCc1ccc(F)c(COC)c1)NCCC(C)C.I. The first-order chi connectivity index (χ1) is 10.6. The highest BCUT2D eigenvalue weighted by Crippen LogP contribution is 2.12. The van der Waals surface area contributed by atoms with Gasteiger partial charge in [0.15, 0.2) is 5.96 Å². The normalized spacial score (nSPS) is 11.3. The van der Waals surface area contributed by atoms with Gasteiger partial charge in [0.1, 0.15) is 5.82 Å². The summed E-state index contributed by atoms with van der Waals surface area (Å²) in [6, 6.07) is 5.04. The van der Waals surface area contributed by atoms with Crippen molar-refractivity contribution in [2.24, 2.45) is 10.9 Å². The molecule has 2 N–H and O–H groups in total. The zero-order chi connectivity index (χ0) is 16.4. The molecule has 0 unspecified atom stereocenters. The Morgan fingerprint density at radius 2 is 2.04 bits per heavy atom. The molecule has 1 aromatic carbocycles. The van der Waals surface area contributed by atoms with Crippen LogP contribution in [-0.2, 0) is 17.9 Å². The fourth-order valence-electron chi connectivity index (χ4n) is 1.98. The van der Waals surface area contributed by atoms with E-state index >= 15 is 0 Å². The molecule has 0 fully saturated rings. The van der Waals surface area contributed by atoms with Crippen molar-refractivity contribution in [1.29, 1.82) is 0 Å². The number of nitrogens with one attached hydrogen (secondary N) is 2. The molecule has 6 heteroatoms. The molecule has 0 amide bonds. The summed E-state index contributed by atoms with van der Waals surface area (Å²) in [5.41, 5.74) is 1.53. The van der Waals surface area contributed by atoms with Crippen molar-refractivity contribution in [1.82, 2.24) is 10.6 Å². The summed E-state index contributed by atoms with van der Waals surface area (Å²) in [6.07, 6.45) is 1.10. The fourth-order valence-corrected chi connectivity index (χ4v) is 1.98. The van der Waals surface area contributed by atoms with Gasteiger partial charge >= 0.3 is 0 Å². The Kier molecular flexibility index (Phi) is 12.0. The van der Waals surface area contributed by atoms with Gasteiger partial charge in [-0.15, -0.1) is 24.0 Å². The lowest BCUT2D eigenvalue weighted by Crippen LogP contribution is -2.38. The third-order valence-corrected chi connectivity index (χ3v) is 3.19. The van der Waals surface area contributed by atoms with Crippen LogP contribution < -0.4 is 10.6 Å². The maximum atomic E-state index is 13.6. The van der Waals surface area contributed by atoms with Crippen LogP contribution in [0.5, 0.6) is 0 Å². The first kappa shape index (κ1) is 22.1. The average molecular weight is 437 g/mol. The predicted octanol–water partition coefficient (Wildman–Crippen LogP) is 3.69. The molecule has 0 atom stereocenters. The fraction of sp³-hybridized carbons (Fsp3) is 0.588. The Balaban J connectivity index is 0.00000484. The molecule has 0 saturated carbocycles. The highest BCUT2D eigenvalue weighted by molar-refractivity contribution is 14.0. The van der Waals surface area contributed by atoms with Crippen molar-refractivity contribution < 1.29 is 9.13 Å². The van der Waals surface area contributed by atoms with Crippen LogP contribution in [0.25, 0.3) is 0 Å². The largest absolute Gasteiger partial charge is 0.380 e. The van der Waals surface area contributed by atoms with Gasteiger partial charge in [0.2, 0.25) is 0 Å². The lowest BCUT2D eigenvalue weighted by atomic mass is 10.1. The molecule has 1 rings (SSSR count). The molecule has 4 nitrogen and oxygen atoms in total. The summed E-state index contributed by atoms with van der Waals surface area (Å²) in [7, 11) is 1.56. The van der Waals surface area contributed by atoms with Gasteiger partial charge in [-0.25, -0.2) is 9.38 Å². The molecule has 0 aliphatic heterocycles. The van der Waals surface area contributed by atoms with Gasteiger partial charge in [-0.05, 0) is 37.0 Å². The summed E-state index contributed by atoms with van der Waals surface area (Å²) in [6.45, 7) is 8.91. The number of nitrogens with zero attached hydrogens (tertiary/aromatic N) is 1. The van der Waals surface area contributed by atoms with Gasteiger partial charge in [0.25, 0.3) is 0 Å². The van der Waals surface area contributed by atoms with Crippen LogP contribution in [-0.4, -0.2) is 26.2 Å². The minimum atomic E-state index is -0.239. The molecule has 0 aliphatic carbocycles. The Labute approximate surface area is 156 Å². The first-order valence-electron chi connectivity index (χ1n) is 7.85. The van der Waals surface area contributed by atoms with Crippen LogP contribution in [0, 0.1) is 11.7 Å². The van der Waals surface area contributed by atoms with Gasteiger partial charge in [-0.3, -0.25) is 0 Å². The van der Waals surface area contributed by atoms with Crippen molar-refractivity contribution in [3.05, 3.63) is 35.1 Å². The molecule has 0 spiro atoms. The monoisotopic (exact) mass is 437 g/mol. The van der Waals surface area contributed by atoms with E-state index in [1.807, 2.05) is 6.92 Å². The Morgan fingerprint density at radius 3 is 2.65 bits per heavy atom. The lowest BCUT2D eigenvalue weighted by molar-refractivity contribution is 0.181. The molecule has 1 aromatic rings. The van der Waals surface area contributed by atoms with E-state index in [1.54, 1.807) is 19.2 Å². The molecule has 0 aromatic heterocycles. The number of ether oxygens (including phenoxy) is 1. The van der Waals surface area contributed by atoms with Crippen LogP contribution in [0.3, 0.4) is 0 Å². The standard InChI is InChI=1S/C17H28FN3O.HI/c1-5-19-17(20-9-8-13(2)3)21-11-14-6-7-16(18)15(10-14)12-22-4;/h6-7,10,13H,5,8-9,11-12H2,1-4H3,(H2,19,20,21);1H. The highest BCUT2D eigenvalue weighted by Gasteiger charge is 2.04. The van der Waals surface area contributed by atoms with Crippen molar-refractivity contribution in [3.8, 4) is 0 Å². The van der Waals surface area contributed by atoms with E-state index in [-0.39, 0.29) is 36.4 Å². The predicted molar refractivity (Wildman–Crippen MR) is 105 cm³/mol. The number of methoxy groups -OCH3 is 1. The van der Waals surface area contributed by atoms with Gasteiger partial charge in [0, 0.05) is 25.8 Å². The van der Waals surface area contributed by atoms with E-state index in [9.17, 15) is 4.39 Å². The summed E-state index contributed by atoms with van der Waals surface area (Å²) in [4.78, 5) is 4.54. The van der Waals surface area contributed by atoms with Crippen molar-refractivity contribution in [2.45, 2.75) is 40.3 Å². The Bertz CT molecular complexity index is 481. The van der Waals surface area contributed by atoms with Crippen LogP contribution in [0.2, 0.25) is 0 Å². The minimum Gasteiger partial charge on any atom is -0.380 e. The molecule has 23 heavy (non-hydrogen) atoms. The van der Waals surface area contributed by atoms with E-state index in [1.165, 1.54) is 6.07 Å². The molecule has 132 valence electrons. The summed E-state index contributed by atoms with van der Waals surface area (Å²) in [5.74, 6) is 1.21.